The predicted molar refractivity (Wildman–Crippen MR) is 73.9 cm³/mol. The summed E-state index contributed by atoms with van der Waals surface area (Å²) in [5, 5.41) is 13.5. The van der Waals surface area contributed by atoms with E-state index in [1.807, 2.05) is 13.2 Å². The minimum Gasteiger partial charge on any atom is -0.387 e. The first kappa shape index (κ1) is 14.5. The standard InChI is InChI=1S/C11H18ClN3OS/c1-4-9-14-8(12)5-10(15-9)13-6-11(2,16)7-17-3/h5,16H,4,6-7H2,1-3H3,(H,13,14,15). The molecular weight excluding hydrogens is 258 g/mol. The van der Waals surface area contributed by atoms with Crippen LogP contribution in [0.1, 0.15) is 19.7 Å². The molecule has 0 radical (unpaired) electrons. The molecule has 0 aliphatic heterocycles. The summed E-state index contributed by atoms with van der Waals surface area (Å²) in [6.45, 7) is 4.20. The zero-order chi connectivity index (χ0) is 12.9. The number of aromatic nitrogens is 2. The lowest BCUT2D eigenvalue weighted by molar-refractivity contribution is 0.0996. The fraction of sp³-hybridized carbons (Fsp3) is 0.636. The molecule has 1 aromatic heterocycles. The molecular formula is C11H18ClN3OS. The molecule has 1 aromatic rings. The summed E-state index contributed by atoms with van der Waals surface area (Å²) in [6.07, 6.45) is 2.70. The minimum atomic E-state index is -0.761. The van der Waals surface area contributed by atoms with Crippen LogP contribution in [-0.4, -0.2) is 39.2 Å². The Hall–Kier alpha value is -0.520. The molecule has 0 saturated carbocycles. The van der Waals surface area contributed by atoms with E-state index in [1.54, 1.807) is 24.8 Å². The second-order valence-corrected chi connectivity index (χ2v) is 5.38. The molecule has 1 rings (SSSR count). The van der Waals surface area contributed by atoms with Gasteiger partial charge in [-0.15, -0.1) is 0 Å². The van der Waals surface area contributed by atoms with E-state index in [0.29, 0.717) is 29.1 Å². The first-order valence-corrected chi connectivity index (χ1v) is 7.22. The molecule has 1 unspecified atom stereocenters. The maximum Gasteiger partial charge on any atom is 0.134 e. The highest BCUT2D eigenvalue weighted by molar-refractivity contribution is 7.98. The van der Waals surface area contributed by atoms with Crippen molar-refractivity contribution >= 4 is 29.2 Å². The average Bonchev–Trinajstić information content (AvgIpc) is 2.26. The number of nitrogens with one attached hydrogen (secondary N) is 1. The van der Waals surface area contributed by atoms with Gasteiger partial charge in [0.2, 0.25) is 0 Å². The first-order valence-electron chi connectivity index (χ1n) is 5.45. The topological polar surface area (TPSA) is 58.0 Å². The second kappa shape index (κ2) is 6.42. The van der Waals surface area contributed by atoms with Crippen LogP contribution in [0.25, 0.3) is 0 Å². The fourth-order valence-corrected chi connectivity index (χ4v) is 2.28. The van der Waals surface area contributed by atoms with Crippen LogP contribution in [0.15, 0.2) is 6.07 Å². The fourth-order valence-electron chi connectivity index (χ4n) is 1.36. The number of thioether (sulfide) groups is 1. The van der Waals surface area contributed by atoms with Gasteiger partial charge in [0, 0.05) is 24.8 Å². The lowest BCUT2D eigenvalue weighted by atomic mass is 10.1. The van der Waals surface area contributed by atoms with Gasteiger partial charge < -0.3 is 10.4 Å². The minimum absolute atomic E-state index is 0.420. The Bertz CT molecular complexity index is 374. The summed E-state index contributed by atoms with van der Waals surface area (Å²) in [6, 6.07) is 1.66. The third-order valence-electron chi connectivity index (χ3n) is 2.16. The zero-order valence-corrected chi connectivity index (χ0v) is 11.9. The van der Waals surface area contributed by atoms with Crippen molar-refractivity contribution in [1.29, 1.82) is 0 Å². The van der Waals surface area contributed by atoms with E-state index in [9.17, 15) is 5.11 Å². The van der Waals surface area contributed by atoms with Crippen LogP contribution in [0.3, 0.4) is 0 Å². The summed E-state index contributed by atoms with van der Waals surface area (Å²) in [5.41, 5.74) is -0.761. The molecule has 6 heteroatoms. The van der Waals surface area contributed by atoms with Crippen LogP contribution in [0, 0.1) is 0 Å². The molecule has 0 aliphatic rings. The molecule has 0 amide bonds. The van der Waals surface area contributed by atoms with Gasteiger partial charge >= 0.3 is 0 Å². The van der Waals surface area contributed by atoms with E-state index >= 15 is 0 Å². The molecule has 0 aromatic carbocycles. The van der Waals surface area contributed by atoms with Crippen LogP contribution < -0.4 is 5.32 Å². The molecule has 2 N–H and O–H groups in total. The summed E-state index contributed by atoms with van der Waals surface area (Å²) >= 11 is 7.49. The molecule has 0 aliphatic carbocycles. The number of hydrogen-bond acceptors (Lipinski definition) is 5. The Balaban J connectivity index is 2.65. The molecule has 0 saturated heterocycles. The van der Waals surface area contributed by atoms with Crippen molar-refractivity contribution in [3.63, 3.8) is 0 Å². The van der Waals surface area contributed by atoms with Crippen molar-refractivity contribution in [3.05, 3.63) is 17.0 Å². The quantitative estimate of drug-likeness (QED) is 0.780. The number of nitrogens with zero attached hydrogens (tertiary/aromatic N) is 2. The van der Waals surface area contributed by atoms with Crippen LogP contribution in [0.5, 0.6) is 0 Å². The number of anilines is 1. The smallest absolute Gasteiger partial charge is 0.134 e. The van der Waals surface area contributed by atoms with Gasteiger partial charge in [-0.05, 0) is 13.2 Å². The highest BCUT2D eigenvalue weighted by Crippen LogP contribution is 2.15. The van der Waals surface area contributed by atoms with E-state index < -0.39 is 5.60 Å². The van der Waals surface area contributed by atoms with Crippen LogP contribution in [0.2, 0.25) is 5.15 Å². The van der Waals surface area contributed by atoms with Crippen LogP contribution >= 0.6 is 23.4 Å². The van der Waals surface area contributed by atoms with Gasteiger partial charge in [0.25, 0.3) is 0 Å². The van der Waals surface area contributed by atoms with Gasteiger partial charge in [-0.25, -0.2) is 9.97 Å². The maximum atomic E-state index is 10.0. The van der Waals surface area contributed by atoms with Gasteiger partial charge in [0.15, 0.2) is 0 Å². The monoisotopic (exact) mass is 275 g/mol. The number of hydrogen-bond donors (Lipinski definition) is 2. The Labute approximate surface area is 111 Å². The van der Waals surface area contributed by atoms with Gasteiger partial charge in [-0.3, -0.25) is 0 Å². The Morgan fingerprint density at radius 2 is 2.24 bits per heavy atom. The summed E-state index contributed by atoms with van der Waals surface area (Å²) in [4.78, 5) is 8.37. The number of aryl methyl sites for hydroxylation is 1. The van der Waals surface area contributed by atoms with Crippen molar-refractivity contribution in [2.24, 2.45) is 0 Å². The predicted octanol–water partition coefficient (Wildman–Crippen LogP) is 2.22. The molecule has 1 heterocycles. The summed E-state index contributed by atoms with van der Waals surface area (Å²) < 4.78 is 0. The first-order chi connectivity index (χ1) is 7.96. The normalized spacial score (nSPS) is 14.4. The second-order valence-electron chi connectivity index (χ2n) is 4.13. The van der Waals surface area contributed by atoms with Crippen molar-refractivity contribution in [3.8, 4) is 0 Å². The SMILES string of the molecule is CCc1nc(Cl)cc(NCC(C)(O)CSC)n1. The molecule has 96 valence electrons. The van der Waals surface area contributed by atoms with Gasteiger partial charge in [-0.2, -0.15) is 11.8 Å². The van der Waals surface area contributed by atoms with Crippen molar-refractivity contribution in [1.82, 2.24) is 9.97 Å². The lowest BCUT2D eigenvalue weighted by Gasteiger charge is -2.22. The summed E-state index contributed by atoms with van der Waals surface area (Å²) in [7, 11) is 0. The lowest BCUT2D eigenvalue weighted by Crippen LogP contribution is -2.36. The highest BCUT2D eigenvalue weighted by Gasteiger charge is 2.19. The average molecular weight is 276 g/mol. The van der Waals surface area contributed by atoms with Crippen molar-refractivity contribution in [2.75, 3.05) is 23.9 Å². The van der Waals surface area contributed by atoms with E-state index in [0.717, 1.165) is 6.42 Å². The molecule has 0 spiro atoms. The highest BCUT2D eigenvalue weighted by atomic mass is 35.5. The third kappa shape index (κ3) is 5.10. The molecule has 4 nitrogen and oxygen atoms in total. The largest absolute Gasteiger partial charge is 0.387 e. The van der Waals surface area contributed by atoms with Gasteiger partial charge in [0.05, 0.1) is 5.60 Å². The number of aliphatic hydroxyl groups is 1. The van der Waals surface area contributed by atoms with E-state index in [-0.39, 0.29) is 0 Å². The van der Waals surface area contributed by atoms with E-state index in [2.05, 4.69) is 15.3 Å². The molecule has 0 bridgehead atoms. The molecule has 17 heavy (non-hydrogen) atoms. The van der Waals surface area contributed by atoms with Gasteiger partial charge in [-0.1, -0.05) is 18.5 Å². The van der Waals surface area contributed by atoms with Crippen LogP contribution in [-0.2, 0) is 6.42 Å². The van der Waals surface area contributed by atoms with Crippen molar-refractivity contribution in [2.45, 2.75) is 25.9 Å². The van der Waals surface area contributed by atoms with E-state index in [1.165, 1.54) is 0 Å². The molecule has 1 atom stereocenters. The van der Waals surface area contributed by atoms with Crippen LogP contribution in [0.4, 0.5) is 5.82 Å². The number of rotatable bonds is 6. The third-order valence-corrected chi connectivity index (χ3v) is 3.27. The van der Waals surface area contributed by atoms with E-state index in [4.69, 9.17) is 11.6 Å². The Morgan fingerprint density at radius 1 is 1.53 bits per heavy atom. The van der Waals surface area contributed by atoms with Crippen molar-refractivity contribution < 1.29 is 5.11 Å². The van der Waals surface area contributed by atoms with Gasteiger partial charge in [0.1, 0.15) is 16.8 Å². The Kier molecular flexibility index (Phi) is 5.49. The maximum absolute atomic E-state index is 10.0. The molecule has 0 fully saturated rings. The zero-order valence-electron chi connectivity index (χ0n) is 10.3. The summed E-state index contributed by atoms with van der Waals surface area (Å²) in [5.74, 6) is 2.02. The number of halogens is 1. The Morgan fingerprint density at radius 3 is 2.82 bits per heavy atom.